The molecule has 1 saturated heterocycles. The highest BCUT2D eigenvalue weighted by Crippen LogP contribution is 2.33. The summed E-state index contributed by atoms with van der Waals surface area (Å²) in [6.07, 6.45) is 5.37. The van der Waals surface area contributed by atoms with Gasteiger partial charge in [0.15, 0.2) is 0 Å². The van der Waals surface area contributed by atoms with Gasteiger partial charge in [0.25, 0.3) is 0 Å². The lowest BCUT2D eigenvalue weighted by Crippen LogP contribution is -2.42. The Kier molecular flexibility index (Phi) is 4.87. The number of aromatic nitrogens is 2. The van der Waals surface area contributed by atoms with E-state index >= 15 is 0 Å². The molecule has 1 aliphatic heterocycles. The molecular weight excluding hydrogens is 322 g/mol. The van der Waals surface area contributed by atoms with Crippen molar-refractivity contribution in [2.45, 2.75) is 31.5 Å². The lowest BCUT2D eigenvalue weighted by atomic mass is 9.84. The van der Waals surface area contributed by atoms with Crippen LogP contribution in [0.25, 0.3) is 0 Å². The molecule has 4 rings (SSSR count). The molecule has 2 heterocycles. The second-order valence-corrected chi connectivity index (χ2v) is 7.15. The van der Waals surface area contributed by atoms with Crippen molar-refractivity contribution < 1.29 is 5.11 Å². The Balaban J connectivity index is 1.42. The van der Waals surface area contributed by atoms with Crippen LogP contribution < -0.4 is 0 Å². The van der Waals surface area contributed by atoms with Gasteiger partial charge in [-0.3, -0.25) is 9.58 Å². The number of rotatable bonds is 5. The van der Waals surface area contributed by atoms with Crippen LogP contribution in [0.15, 0.2) is 73.1 Å². The fourth-order valence-corrected chi connectivity index (χ4v) is 3.79. The Labute approximate surface area is 154 Å². The number of likely N-dealkylation sites (tertiary alicyclic amines) is 1. The molecule has 1 aromatic heterocycles. The van der Waals surface area contributed by atoms with E-state index in [-0.39, 0.29) is 0 Å². The van der Waals surface area contributed by atoms with Gasteiger partial charge in [0.2, 0.25) is 0 Å². The summed E-state index contributed by atoms with van der Waals surface area (Å²) in [5, 5.41) is 15.3. The number of hydrogen-bond acceptors (Lipinski definition) is 3. The van der Waals surface area contributed by atoms with Gasteiger partial charge in [-0.25, -0.2) is 0 Å². The maximum Gasteiger partial charge on any atom is 0.0920 e. The molecule has 0 atom stereocenters. The molecule has 0 saturated carbocycles. The van der Waals surface area contributed by atoms with Crippen LogP contribution in [0.2, 0.25) is 0 Å². The standard InChI is InChI=1S/C22H25N3O/c26-22(21-9-2-1-3-10-21)11-15-24(16-12-22)17-19-7-4-5-8-20(19)18-25-14-6-13-23-25/h1-10,13-14,26H,11-12,15-18H2. The first-order valence-electron chi connectivity index (χ1n) is 9.27. The Morgan fingerprint density at radius 1 is 0.846 bits per heavy atom. The largest absolute Gasteiger partial charge is 0.385 e. The number of benzene rings is 2. The minimum absolute atomic E-state index is 0.688. The second-order valence-electron chi connectivity index (χ2n) is 7.15. The van der Waals surface area contributed by atoms with E-state index in [0.29, 0.717) is 0 Å². The first kappa shape index (κ1) is 17.0. The molecule has 1 fully saturated rings. The molecule has 0 amide bonds. The van der Waals surface area contributed by atoms with E-state index in [1.54, 1.807) is 0 Å². The minimum atomic E-state index is -0.688. The Morgan fingerprint density at radius 3 is 2.15 bits per heavy atom. The summed E-state index contributed by atoms with van der Waals surface area (Å²) in [5.74, 6) is 0. The van der Waals surface area contributed by atoms with Crippen molar-refractivity contribution in [1.82, 2.24) is 14.7 Å². The van der Waals surface area contributed by atoms with Crippen molar-refractivity contribution in [1.29, 1.82) is 0 Å². The number of hydrogen-bond donors (Lipinski definition) is 1. The third-order valence-electron chi connectivity index (χ3n) is 5.40. The summed E-state index contributed by atoms with van der Waals surface area (Å²) < 4.78 is 1.96. The maximum absolute atomic E-state index is 11.0. The summed E-state index contributed by atoms with van der Waals surface area (Å²) in [5.41, 5.74) is 3.00. The minimum Gasteiger partial charge on any atom is -0.385 e. The van der Waals surface area contributed by atoms with E-state index in [1.807, 2.05) is 53.5 Å². The Bertz CT molecular complexity index is 822. The highest BCUT2D eigenvalue weighted by molar-refractivity contribution is 5.28. The Hall–Kier alpha value is -2.43. The van der Waals surface area contributed by atoms with E-state index in [1.165, 1.54) is 11.1 Å². The highest BCUT2D eigenvalue weighted by atomic mass is 16.3. The fourth-order valence-electron chi connectivity index (χ4n) is 3.79. The van der Waals surface area contributed by atoms with Crippen molar-refractivity contribution in [2.24, 2.45) is 0 Å². The smallest absolute Gasteiger partial charge is 0.0920 e. The fraction of sp³-hybridized carbons (Fsp3) is 0.318. The first-order chi connectivity index (χ1) is 12.7. The monoisotopic (exact) mass is 347 g/mol. The van der Waals surface area contributed by atoms with E-state index < -0.39 is 5.60 Å². The van der Waals surface area contributed by atoms with Crippen molar-refractivity contribution in [3.63, 3.8) is 0 Å². The zero-order chi connectivity index (χ0) is 17.8. The molecule has 134 valence electrons. The van der Waals surface area contributed by atoms with Gasteiger partial charge in [-0.2, -0.15) is 5.10 Å². The molecule has 0 radical (unpaired) electrons. The van der Waals surface area contributed by atoms with Crippen LogP contribution in [0, 0.1) is 0 Å². The number of nitrogens with zero attached hydrogens (tertiary/aromatic N) is 3. The van der Waals surface area contributed by atoms with Crippen LogP contribution in [0.1, 0.15) is 29.5 Å². The molecule has 0 spiro atoms. The number of aliphatic hydroxyl groups is 1. The quantitative estimate of drug-likeness (QED) is 0.769. The van der Waals surface area contributed by atoms with Gasteiger partial charge in [-0.1, -0.05) is 54.6 Å². The van der Waals surface area contributed by atoms with Gasteiger partial charge in [0, 0.05) is 32.0 Å². The zero-order valence-electron chi connectivity index (χ0n) is 15.0. The van der Waals surface area contributed by atoms with Crippen molar-refractivity contribution in [2.75, 3.05) is 13.1 Å². The summed E-state index contributed by atoms with van der Waals surface area (Å²) >= 11 is 0. The van der Waals surface area contributed by atoms with Crippen molar-refractivity contribution in [3.8, 4) is 0 Å². The molecule has 2 aromatic carbocycles. The van der Waals surface area contributed by atoms with Gasteiger partial charge < -0.3 is 5.11 Å². The van der Waals surface area contributed by atoms with E-state index in [0.717, 1.165) is 44.6 Å². The van der Waals surface area contributed by atoms with Crippen LogP contribution in [0.3, 0.4) is 0 Å². The van der Waals surface area contributed by atoms with Gasteiger partial charge in [0.05, 0.1) is 12.1 Å². The van der Waals surface area contributed by atoms with Gasteiger partial charge in [0.1, 0.15) is 0 Å². The summed E-state index contributed by atoms with van der Waals surface area (Å²) in [6.45, 7) is 3.52. The molecule has 0 unspecified atom stereocenters. The molecule has 4 nitrogen and oxygen atoms in total. The third kappa shape index (κ3) is 3.71. The lowest BCUT2D eigenvalue weighted by Gasteiger charge is -2.38. The molecule has 0 bridgehead atoms. The van der Waals surface area contributed by atoms with Crippen molar-refractivity contribution >= 4 is 0 Å². The van der Waals surface area contributed by atoms with Gasteiger partial charge in [-0.05, 0) is 35.6 Å². The molecule has 0 aliphatic carbocycles. The van der Waals surface area contributed by atoms with E-state index in [9.17, 15) is 5.11 Å². The predicted molar refractivity (Wildman–Crippen MR) is 103 cm³/mol. The predicted octanol–water partition coefficient (Wildman–Crippen LogP) is 3.42. The molecule has 1 aliphatic rings. The molecule has 4 heteroatoms. The molecular formula is C22H25N3O. The zero-order valence-corrected chi connectivity index (χ0v) is 15.0. The van der Waals surface area contributed by atoms with Gasteiger partial charge >= 0.3 is 0 Å². The molecule has 1 N–H and O–H groups in total. The van der Waals surface area contributed by atoms with E-state index in [4.69, 9.17) is 0 Å². The van der Waals surface area contributed by atoms with E-state index in [2.05, 4.69) is 34.3 Å². The molecule has 26 heavy (non-hydrogen) atoms. The maximum atomic E-state index is 11.0. The summed E-state index contributed by atoms with van der Waals surface area (Å²) in [4.78, 5) is 2.44. The van der Waals surface area contributed by atoms with Crippen LogP contribution in [0.4, 0.5) is 0 Å². The topological polar surface area (TPSA) is 41.3 Å². The Morgan fingerprint density at radius 2 is 1.50 bits per heavy atom. The molecule has 3 aromatic rings. The summed E-state index contributed by atoms with van der Waals surface area (Å²) in [7, 11) is 0. The number of piperidine rings is 1. The average Bonchev–Trinajstić information content (AvgIpc) is 3.19. The second kappa shape index (κ2) is 7.44. The van der Waals surface area contributed by atoms with Crippen LogP contribution in [-0.2, 0) is 18.7 Å². The van der Waals surface area contributed by atoms with Crippen molar-refractivity contribution in [3.05, 3.63) is 89.7 Å². The average molecular weight is 347 g/mol. The van der Waals surface area contributed by atoms with Crippen LogP contribution in [-0.4, -0.2) is 32.9 Å². The highest BCUT2D eigenvalue weighted by Gasteiger charge is 2.33. The van der Waals surface area contributed by atoms with Crippen LogP contribution >= 0.6 is 0 Å². The lowest BCUT2D eigenvalue weighted by molar-refractivity contribution is -0.0277. The van der Waals surface area contributed by atoms with Crippen LogP contribution in [0.5, 0.6) is 0 Å². The normalized spacial score (nSPS) is 17.3. The van der Waals surface area contributed by atoms with Gasteiger partial charge in [-0.15, -0.1) is 0 Å². The first-order valence-corrected chi connectivity index (χ1v) is 9.27. The summed E-state index contributed by atoms with van der Waals surface area (Å²) in [6, 6.07) is 20.6. The SMILES string of the molecule is OC1(c2ccccc2)CCN(Cc2ccccc2Cn2cccn2)CC1. The third-order valence-corrected chi connectivity index (χ3v) is 5.40.